The van der Waals surface area contributed by atoms with Crippen LogP contribution in [0.25, 0.3) is 0 Å². The Labute approximate surface area is 132 Å². The van der Waals surface area contributed by atoms with Gasteiger partial charge >= 0.3 is 0 Å². The van der Waals surface area contributed by atoms with E-state index in [1.165, 1.54) is 18.3 Å². The Balaban J connectivity index is 2.38. The zero-order chi connectivity index (χ0) is 14.0. The molecule has 0 saturated carbocycles. The number of halogens is 4. The van der Waals surface area contributed by atoms with Crippen LogP contribution in [-0.2, 0) is 0 Å². The Bertz CT molecular complexity index is 626. The second-order valence-electron chi connectivity index (χ2n) is 3.29. The summed E-state index contributed by atoms with van der Waals surface area (Å²) in [4.78, 5) is 7.93. The Morgan fingerprint density at radius 3 is 2.53 bits per heavy atom. The van der Waals surface area contributed by atoms with Crippen molar-refractivity contribution in [3.63, 3.8) is 0 Å². The summed E-state index contributed by atoms with van der Waals surface area (Å²) in [6.07, 6.45) is 1.49. The van der Waals surface area contributed by atoms with Crippen molar-refractivity contribution in [2.45, 2.75) is 0 Å². The van der Waals surface area contributed by atoms with Gasteiger partial charge in [-0.2, -0.15) is 4.98 Å². The summed E-state index contributed by atoms with van der Waals surface area (Å²) in [5.74, 6) is 5.99. The molecule has 0 amide bonds. The van der Waals surface area contributed by atoms with Gasteiger partial charge in [0, 0.05) is 6.07 Å². The van der Waals surface area contributed by atoms with Gasteiger partial charge in [0.1, 0.15) is 5.75 Å². The van der Waals surface area contributed by atoms with Crippen LogP contribution in [0, 0.1) is 0 Å². The second kappa shape index (κ2) is 6.11. The molecule has 0 spiro atoms. The second-order valence-corrected chi connectivity index (χ2v) is 5.37. The van der Waals surface area contributed by atoms with Crippen LogP contribution in [0.1, 0.15) is 0 Å². The molecule has 0 unspecified atom stereocenters. The van der Waals surface area contributed by atoms with Crippen molar-refractivity contribution in [1.82, 2.24) is 9.97 Å². The van der Waals surface area contributed by atoms with Gasteiger partial charge in [0.05, 0.1) is 25.7 Å². The van der Waals surface area contributed by atoms with Gasteiger partial charge in [-0.3, -0.25) is 5.43 Å². The highest BCUT2D eigenvalue weighted by molar-refractivity contribution is 9.10. The summed E-state index contributed by atoms with van der Waals surface area (Å²) in [7, 11) is 0. The Morgan fingerprint density at radius 2 is 1.84 bits per heavy atom. The summed E-state index contributed by atoms with van der Waals surface area (Å²) in [6, 6.07) is 2.98. The zero-order valence-electron chi connectivity index (χ0n) is 9.12. The zero-order valence-corrected chi connectivity index (χ0v) is 13.0. The van der Waals surface area contributed by atoms with E-state index in [9.17, 15) is 0 Å². The van der Waals surface area contributed by atoms with Gasteiger partial charge < -0.3 is 4.74 Å². The number of hydrogen-bond acceptors (Lipinski definition) is 5. The highest BCUT2D eigenvalue weighted by Gasteiger charge is 2.12. The molecule has 19 heavy (non-hydrogen) atoms. The fraction of sp³-hybridized carbons (Fsp3) is 0. The number of aromatic nitrogens is 2. The Hall–Kier alpha value is -0.790. The maximum Gasteiger partial charge on any atom is 0.240 e. The lowest BCUT2D eigenvalue weighted by atomic mass is 10.3. The monoisotopic (exact) mass is 382 g/mol. The fourth-order valence-corrected chi connectivity index (χ4v) is 2.03. The van der Waals surface area contributed by atoms with Crippen molar-refractivity contribution in [2.24, 2.45) is 5.84 Å². The summed E-state index contributed by atoms with van der Waals surface area (Å²) < 4.78 is 6.09. The van der Waals surface area contributed by atoms with E-state index in [0.29, 0.717) is 25.3 Å². The molecule has 0 radical (unpaired) electrons. The summed E-state index contributed by atoms with van der Waals surface area (Å²) in [5, 5.41) is 0.968. The van der Waals surface area contributed by atoms with Crippen molar-refractivity contribution in [3.05, 3.63) is 37.9 Å². The van der Waals surface area contributed by atoms with Gasteiger partial charge in [-0.05, 0) is 22.0 Å². The molecule has 0 saturated heterocycles. The highest BCUT2D eigenvalue weighted by Crippen LogP contribution is 2.37. The first kappa shape index (κ1) is 14.6. The number of anilines is 1. The van der Waals surface area contributed by atoms with E-state index in [1.807, 2.05) is 0 Å². The fourth-order valence-electron chi connectivity index (χ4n) is 1.18. The molecule has 0 atom stereocenters. The number of benzene rings is 1. The minimum atomic E-state index is 0.203. The van der Waals surface area contributed by atoms with E-state index in [4.69, 9.17) is 45.4 Å². The molecule has 100 valence electrons. The average Bonchev–Trinajstić information content (AvgIpc) is 2.38. The topological polar surface area (TPSA) is 73.1 Å². The minimum Gasteiger partial charge on any atom is -0.436 e. The van der Waals surface area contributed by atoms with Gasteiger partial charge in [-0.15, -0.1) is 0 Å². The van der Waals surface area contributed by atoms with Crippen molar-refractivity contribution in [3.8, 4) is 11.6 Å². The number of hydrogen-bond donors (Lipinski definition) is 2. The summed E-state index contributed by atoms with van der Waals surface area (Å²) in [5.41, 5.74) is 2.31. The molecule has 0 aliphatic rings. The van der Waals surface area contributed by atoms with E-state index < -0.39 is 0 Å². The average molecular weight is 384 g/mol. The van der Waals surface area contributed by atoms with Gasteiger partial charge in [0.2, 0.25) is 11.8 Å². The van der Waals surface area contributed by atoms with Crippen LogP contribution in [0.5, 0.6) is 11.6 Å². The molecule has 9 heteroatoms. The molecule has 0 fully saturated rings. The van der Waals surface area contributed by atoms with Crippen LogP contribution >= 0.6 is 50.7 Å². The molecule has 5 nitrogen and oxygen atoms in total. The van der Waals surface area contributed by atoms with Crippen LogP contribution in [0.4, 0.5) is 5.95 Å². The molecule has 2 aromatic rings. The molecule has 1 aromatic heterocycles. The maximum atomic E-state index is 6.01. The quantitative estimate of drug-likeness (QED) is 0.470. The minimum absolute atomic E-state index is 0.203. The van der Waals surface area contributed by atoms with Crippen molar-refractivity contribution >= 4 is 56.7 Å². The number of nitrogen functional groups attached to an aromatic ring is 1. The van der Waals surface area contributed by atoms with Crippen LogP contribution in [0.15, 0.2) is 22.8 Å². The molecule has 2 rings (SSSR count). The molecule has 1 aromatic carbocycles. The van der Waals surface area contributed by atoms with Crippen molar-refractivity contribution in [1.29, 1.82) is 0 Å². The van der Waals surface area contributed by atoms with E-state index in [-0.39, 0.29) is 11.8 Å². The van der Waals surface area contributed by atoms with Crippen LogP contribution in [0.3, 0.4) is 0 Å². The van der Waals surface area contributed by atoms with Gasteiger partial charge in [-0.1, -0.05) is 34.8 Å². The first-order valence-electron chi connectivity index (χ1n) is 4.83. The molecular formula is C10H6BrCl3N4O. The third-order valence-electron chi connectivity index (χ3n) is 2.02. The number of nitrogens with zero attached hydrogens (tertiary/aromatic N) is 2. The van der Waals surface area contributed by atoms with E-state index >= 15 is 0 Å². The number of hydrazine groups is 1. The smallest absolute Gasteiger partial charge is 0.240 e. The van der Waals surface area contributed by atoms with Gasteiger partial charge in [-0.25, -0.2) is 10.8 Å². The lowest BCUT2D eigenvalue weighted by Gasteiger charge is -2.10. The van der Waals surface area contributed by atoms with Gasteiger partial charge in [0.15, 0.2) is 0 Å². The normalized spacial score (nSPS) is 10.4. The Kier molecular flexibility index (Phi) is 4.70. The van der Waals surface area contributed by atoms with Crippen LogP contribution in [0.2, 0.25) is 15.1 Å². The van der Waals surface area contributed by atoms with Crippen molar-refractivity contribution in [2.75, 3.05) is 5.43 Å². The summed E-state index contributed by atoms with van der Waals surface area (Å²) >= 11 is 21.0. The standard InChI is InChI=1S/C10H6BrCl3N4O/c11-4-3-16-10(18-15)17-9(4)19-8-2-6(13)5(12)1-7(8)14/h1-3H,15H2,(H,16,17,18). The number of ether oxygens (including phenoxy) is 1. The van der Waals surface area contributed by atoms with E-state index in [1.54, 1.807) is 0 Å². The molecule has 1 heterocycles. The van der Waals surface area contributed by atoms with Crippen LogP contribution in [-0.4, -0.2) is 9.97 Å². The molecule has 0 aliphatic carbocycles. The number of nitrogens with one attached hydrogen (secondary N) is 1. The lowest BCUT2D eigenvalue weighted by molar-refractivity contribution is 0.459. The summed E-state index contributed by atoms with van der Waals surface area (Å²) in [6.45, 7) is 0. The maximum absolute atomic E-state index is 6.01. The third kappa shape index (κ3) is 3.40. The SMILES string of the molecule is NNc1ncc(Br)c(Oc2cc(Cl)c(Cl)cc2Cl)n1. The number of nitrogens with two attached hydrogens (primary N) is 1. The molecule has 3 N–H and O–H groups in total. The largest absolute Gasteiger partial charge is 0.436 e. The van der Waals surface area contributed by atoms with Gasteiger partial charge in [0.25, 0.3) is 0 Å². The molecule has 0 bridgehead atoms. The Morgan fingerprint density at radius 1 is 1.16 bits per heavy atom. The highest BCUT2D eigenvalue weighted by atomic mass is 79.9. The predicted molar refractivity (Wildman–Crippen MR) is 79.1 cm³/mol. The molecule has 0 aliphatic heterocycles. The first-order valence-corrected chi connectivity index (χ1v) is 6.75. The molecular weight excluding hydrogens is 378 g/mol. The first-order chi connectivity index (χ1) is 9.01. The number of rotatable bonds is 3. The van der Waals surface area contributed by atoms with Crippen molar-refractivity contribution < 1.29 is 4.74 Å². The van der Waals surface area contributed by atoms with Crippen LogP contribution < -0.4 is 16.0 Å². The van der Waals surface area contributed by atoms with E-state index in [0.717, 1.165) is 0 Å². The van der Waals surface area contributed by atoms with E-state index in [2.05, 4.69) is 31.3 Å². The lowest BCUT2D eigenvalue weighted by Crippen LogP contribution is -2.10. The third-order valence-corrected chi connectivity index (χ3v) is 3.58. The predicted octanol–water partition coefficient (Wildman–Crippen LogP) is 4.28.